The van der Waals surface area contributed by atoms with Crippen molar-refractivity contribution >= 4 is 17.3 Å². The minimum atomic E-state index is 0.145. The van der Waals surface area contributed by atoms with Crippen molar-refractivity contribution in [3.63, 3.8) is 0 Å². The summed E-state index contributed by atoms with van der Waals surface area (Å²) < 4.78 is 5.92. The Hall–Kier alpha value is -1.24. The summed E-state index contributed by atoms with van der Waals surface area (Å²) in [5, 5.41) is 12.9. The van der Waals surface area contributed by atoms with Gasteiger partial charge in [-0.2, -0.15) is 5.26 Å². The number of hydrogen-bond acceptors (Lipinski definition) is 3. The van der Waals surface area contributed by atoms with E-state index in [0.29, 0.717) is 16.6 Å². The van der Waals surface area contributed by atoms with Crippen LogP contribution in [0.25, 0.3) is 0 Å². The van der Waals surface area contributed by atoms with Crippen LogP contribution >= 0.6 is 11.6 Å². The summed E-state index contributed by atoms with van der Waals surface area (Å²) in [6, 6.07) is 8.05. The summed E-state index contributed by atoms with van der Waals surface area (Å²) in [7, 11) is 0. The van der Waals surface area contributed by atoms with Crippen LogP contribution in [0, 0.1) is 11.3 Å². The van der Waals surface area contributed by atoms with Gasteiger partial charge in [0.2, 0.25) is 0 Å². The molecule has 19 heavy (non-hydrogen) atoms. The Morgan fingerprint density at radius 2 is 2.26 bits per heavy atom. The van der Waals surface area contributed by atoms with E-state index >= 15 is 0 Å². The normalized spacial score (nSPS) is 24.5. The topological polar surface area (TPSA) is 45.0 Å². The van der Waals surface area contributed by atoms with Gasteiger partial charge in [0.05, 0.1) is 16.2 Å². The molecule has 3 nitrogen and oxygen atoms in total. The first-order chi connectivity index (χ1) is 9.21. The van der Waals surface area contributed by atoms with Gasteiger partial charge in [-0.3, -0.25) is 0 Å². The number of hydrogen-bond donors (Lipinski definition) is 1. The maximum Gasteiger partial charge on any atom is 0.101 e. The second-order valence-corrected chi connectivity index (χ2v) is 5.93. The first-order valence-corrected chi connectivity index (χ1v) is 7.19. The third-order valence-corrected chi connectivity index (χ3v) is 4.53. The van der Waals surface area contributed by atoms with Crippen molar-refractivity contribution in [2.75, 3.05) is 11.9 Å². The molecular formula is C15H17ClN2O. The molecule has 0 bridgehead atoms. The van der Waals surface area contributed by atoms with Crippen LogP contribution in [0.5, 0.6) is 0 Å². The smallest absolute Gasteiger partial charge is 0.101 e. The number of anilines is 1. The Morgan fingerprint density at radius 1 is 1.42 bits per heavy atom. The van der Waals surface area contributed by atoms with E-state index in [1.54, 1.807) is 6.07 Å². The van der Waals surface area contributed by atoms with Crippen LogP contribution in [-0.4, -0.2) is 18.2 Å². The molecule has 2 aliphatic rings. The summed E-state index contributed by atoms with van der Waals surface area (Å²) in [4.78, 5) is 0. The van der Waals surface area contributed by atoms with Crippen LogP contribution in [-0.2, 0) is 4.74 Å². The van der Waals surface area contributed by atoms with Gasteiger partial charge in [0.25, 0.3) is 0 Å². The molecule has 0 radical (unpaired) electrons. The molecule has 1 N–H and O–H groups in total. The van der Waals surface area contributed by atoms with Gasteiger partial charge in [0.15, 0.2) is 0 Å². The highest BCUT2D eigenvalue weighted by molar-refractivity contribution is 6.32. The maximum atomic E-state index is 8.87. The fourth-order valence-electron chi connectivity index (χ4n) is 3.00. The Bertz CT molecular complexity index is 519. The van der Waals surface area contributed by atoms with E-state index in [1.807, 2.05) is 12.1 Å². The Labute approximate surface area is 118 Å². The molecule has 0 amide bonds. The summed E-state index contributed by atoms with van der Waals surface area (Å²) in [5.74, 6) is 0. The Kier molecular flexibility index (Phi) is 3.38. The molecule has 4 heteroatoms. The van der Waals surface area contributed by atoms with Crippen molar-refractivity contribution in [3.05, 3.63) is 28.8 Å². The van der Waals surface area contributed by atoms with Crippen molar-refractivity contribution < 1.29 is 4.74 Å². The molecule has 1 aliphatic heterocycles. The van der Waals surface area contributed by atoms with Gasteiger partial charge in [-0.25, -0.2) is 0 Å². The quantitative estimate of drug-likeness (QED) is 0.895. The highest BCUT2D eigenvalue weighted by Crippen LogP contribution is 2.42. The molecule has 1 aromatic rings. The number of nitrogens with zero attached hydrogens (tertiary/aromatic N) is 1. The lowest BCUT2D eigenvalue weighted by molar-refractivity contribution is -0.130. The van der Waals surface area contributed by atoms with E-state index in [-0.39, 0.29) is 5.60 Å². The highest BCUT2D eigenvalue weighted by atomic mass is 35.5. The lowest BCUT2D eigenvalue weighted by atomic mass is 9.74. The Morgan fingerprint density at radius 3 is 2.89 bits per heavy atom. The summed E-state index contributed by atoms with van der Waals surface area (Å²) in [5.41, 5.74) is 1.66. The average molecular weight is 277 g/mol. The van der Waals surface area contributed by atoms with Crippen molar-refractivity contribution in [1.29, 1.82) is 5.26 Å². The van der Waals surface area contributed by atoms with Crippen LogP contribution in [0.4, 0.5) is 5.69 Å². The first kappa shape index (κ1) is 12.8. The summed E-state index contributed by atoms with van der Waals surface area (Å²) in [6.07, 6.45) is 5.78. The van der Waals surface area contributed by atoms with Crippen molar-refractivity contribution in [2.45, 2.75) is 43.7 Å². The zero-order valence-corrected chi connectivity index (χ0v) is 11.5. The number of nitrogens with one attached hydrogen (secondary N) is 1. The van der Waals surface area contributed by atoms with Crippen LogP contribution in [0.2, 0.25) is 5.02 Å². The molecule has 1 spiro atoms. The van der Waals surface area contributed by atoms with Gasteiger partial charge in [-0.05, 0) is 50.3 Å². The van der Waals surface area contributed by atoms with Crippen LogP contribution in [0.3, 0.4) is 0 Å². The van der Waals surface area contributed by atoms with Gasteiger partial charge < -0.3 is 10.1 Å². The molecule has 1 unspecified atom stereocenters. The predicted octanol–water partition coefficient (Wildman–Crippen LogP) is 3.73. The number of rotatable bonds is 2. The van der Waals surface area contributed by atoms with Crippen molar-refractivity contribution in [2.24, 2.45) is 0 Å². The molecular weight excluding hydrogens is 260 g/mol. The van der Waals surface area contributed by atoms with E-state index in [9.17, 15) is 0 Å². The minimum Gasteiger partial charge on any atom is -0.382 e. The average Bonchev–Trinajstić information content (AvgIpc) is 2.37. The molecule has 2 fully saturated rings. The predicted molar refractivity (Wildman–Crippen MR) is 75.3 cm³/mol. The fraction of sp³-hybridized carbons (Fsp3) is 0.533. The molecule has 1 saturated carbocycles. The lowest BCUT2D eigenvalue weighted by Crippen LogP contribution is -2.49. The van der Waals surface area contributed by atoms with Gasteiger partial charge in [0, 0.05) is 18.3 Å². The molecule has 1 heterocycles. The molecule has 1 atom stereocenters. The second-order valence-electron chi connectivity index (χ2n) is 5.53. The molecule has 1 saturated heterocycles. The fourth-order valence-corrected chi connectivity index (χ4v) is 3.22. The third-order valence-electron chi connectivity index (χ3n) is 4.22. The minimum absolute atomic E-state index is 0.145. The summed E-state index contributed by atoms with van der Waals surface area (Å²) >= 11 is 6.05. The van der Waals surface area contributed by atoms with E-state index in [0.717, 1.165) is 25.1 Å². The van der Waals surface area contributed by atoms with Crippen LogP contribution in [0.15, 0.2) is 18.2 Å². The van der Waals surface area contributed by atoms with E-state index in [2.05, 4.69) is 11.4 Å². The van der Waals surface area contributed by atoms with Gasteiger partial charge in [-0.15, -0.1) is 0 Å². The van der Waals surface area contributed by atoms with Gasteiger partial charge in [0.1, 0.15) is 6.07 Å². The van der Waals surface area contributed by atoms with Gasteiger partial charge >= 0.3 is 0 Å². The first-order valence-electron chi connectivity index (χ1n) is 6.81. The monoisotopic (exact) mass is 276 g/mol. The number of nitriles is 1. The number of halogens is 1. The van der Waals surface area contributed by atoms with Crippen molar-refractivity contribution in [3.8, 4) is 6.07 Å². The third kappa shape index (κ3) is 2.56. The SMILES string of the molecule is N#Cc1ccc(NC2CCOC3(CCC3)C2)cc1Cl. The van der Waals surface area contributed by atoms with Crippen LogP contribution < -0.4 is 5.32 Å². The molecule has 1 aromatic carbocycles. The zero-order chi connectivity index (χ0) is 13.3. The second kappa shape index (κ2) is 5.03. The zero-order valence-electron chi connectivity index (χ0n) is 10.8. The van der Waals surface area contributed by atoms with E-state index < -0.39 is 0 Å². The van der Waals surface area contributed by atoms with Gasteiger partial charge in [-0.1, -0.05) is 11.6 Å². The van der Waals surface area contributed by atoms with E-state index in [1.165, 1.54) is 19.3 Å². The van der Waals surface area contributed by atoms with Crippen LogP contribution in [0.1, 0.15) is 37.7 Å². The Balaban J connectivity index is 1.68. The standard InChI is InChI=1S/C15H17ClN2O/c16-14-8-12(3-2-11(14)10-17)18-13-4-7-19-15(9-13)5-1-6-15/h2-3,8,13,18H,1,4-7,9H2. The molecule has 100 valence electrons. The van der Waals surface area contributed by atoms with E-state index in [4.69, 9.17) is 21.6 Å². The molecule has 1 aliphatic carbocycles. The highest BCUT2D eigenvalue weighted by Gasteiger charge is 2.42. The number of benzene rings is 1. The van der Waals surface area contributed by atoms with Crippen molar-refractivity contribution in [1.82, 2.24) is 0 Å². The lowest BCUT2D eigenvalue weighted by Gasteiger charge is -2.47. The maximum absolute atomic E-state index is 8.87. The molecule has 3 rings (SSSR count). The number of ether oxygens (including phenoxy) is 1. The molecule has 0 aromatic heterocycles. The largest absolute Gasteiger partial charge is 0.382 e. The summed E-state index contributed by atoms with van der Waals surface area (Å²) in [6.45, 7) is 0.835.